The first-order valence-corrected chi connectivity index (χ1v) is 8.44. The molecule has 1 aliphatic rings. The molecule has 1 fully saturated rings. The second-order valence-electron chi connectivity index (χ2n) is 5.64. The lowest BCUT2D eigenvalue weighted by Gasteiger charge is -2.31. The van der Waals surface area contributed by atoms with Gasteiger partial charge in [-0.3, -0.25) is 14.4 Å². The highest BCUT2D eigenvalue weighted by Crippen LogP contribution is 2.28. The fraction of sp³-hybridized carbons (Fsp3) is 0.471. The third kappa shape index (κ3) is 4.85. The number of nitrogens with zero attached hydrogens (tertiary/aromatic N) is 1. The van der Waals surface area contributed by atoms with Crippen LogP contribution in [0.15, 0.2) is 18.2 Å². The van der Waals surface area contributed by atoms with Crippen molar-refractivity contribution in [3.8, 4) is 5.75 Å². The zero-order valence-electron chi connectivity index (χ0n) is 14.2. The summed E-state index contributed by atoms with van der Waals surface area (Å²) in [5.74, 6) is -1.84. The van der Waals surface area contributed by atoms with Gasteiger partial charge in [0.05, 0.1) is 25.3 Å². The second kappa shape index (κ2) is 8.71. The van der Waals surface area contributed by atoms with Crippen LogP contribution in [0.1, 0.15) is 19.8 Å². The number of benzene rings is 1. The van der Waals surface area contributed by atoms with Gasteiger partial charge in [-0.1, -0.05) is 11.6 Å². The van der Waals surface area contributed by atoms with Gasteiger partial charge in [0.25, 0.3) is 0 Å². The Hall–Kier alpha value is -2.28. The van der Waals surface area contributed by atoms with Gasteiger partial charge in [-0.25, -0.2) is 0 Å². The molecular weight excluding hydrogens is 348 g/mol. The Balaban J connectivity index is 2.03. The van der Waals surface area contributed by atoms with Crippen molar-refractivity contribution in [3.63, 3.8) is 0 Å². The van der Waals surface area contributed by atoms with Gasteiger partial charge < -0.3 is 19.7 Å². The van der Waals surface area contributed by atoms with Crippen molar-refractivity contribution >= 4 is 35.1 Å². The number of piperidine rings is 1. The third-order valence-corrected chi connectivity index (χ3v) is 4.17. The van der Waals surface area contributed by atoms with E-state index in [1.165, 1.54) is 18.1 Å². The van der Waals surface area contributed by atoms with Crippen LogP contribution in [0.4, 0.5) is 5.69 Å². The summed E-state index contributed by atoms with van der Waals surface area (Å²) >= 11 is 5.92. The monoisotopic (exact) mass is 368 g/mol. The van der Waals surface area contributed by atoms with Crippen LogP contribution in [0.25, 0.3) is 0 Å². The van der Waals surface area contributed by atoms with Gasteiger partial charge in [0, 0.05) is 18.1 Å². The van der Waals surface area contributed by atoms with Gasteiger partial charge in [0.1, 0.15) is 5.75 Å². The first-order chi connectivity index (χ1) is 12.0. The normalized spacial score (nSPS) is 16.9. The Morgan fingerprint density at radius 1 is 1.36 bits per heavy atom. The number of rotatable bonds is 4. The Morgan fingerprint density at radius 3 is 2.80 bits per heavy atom. The lowest BCUT2D eigenvalue weighted by Crippen LogP contribution is -2.47. The van der Waals surface area contributed by atoms with Gasteiger partial charge in [0.2, 0.25) is 0 Å². The van der Waals surface area contributed by atoms with E-state index < -0.39 is 17.7 Å². The van der Waals surface area contributed by atoms with Crippen LogP contribution >= 0.6 is 11.6 Å². The average molecular weight is 369 g/mol. The molecule has 8 heteroatoms. The lowest BCUT2D eigenvalue weighted by molar-refractivity contribution is -0.153. The minimum Gasteiger partial charge on any atom is -0.495 e. The van der Waals surface area contributed by atoms with Gasteiger partial charge in [-0.15, -0.1) is 0 Å². The summed E-state index contributed by atoms with van der Waals surface area (Å²) in [5.41, 5.74) is 0.312. The number of hydrogen-bond donors (Lipinski definition) is 1. The average Bonchev–Trinajstić information content (AvgIpc) is 2.61. The van der Waals surface area contributed by atoms with E-state index in [1.54, 1.807) is 19.1 Å². The zero-order chi connectivity index (χ0) is 18.4. The number of hydrogen-bond acceptors (Lipinski definition) is 5. The van der Waals surface area contributed by atoms with E-state index in [2.05, 4.69) is 5.32 Å². The lowest BCUT2D eigenvalue weighted by atomic mass is 9.98. The molecule has 1 N–H and O–H groups in total. The number of likely N-dealkylation sites (tertiary alicyclic amines) is 1. The highest BCUT2D eigenvalue weighted by molar-refractivity contribution is 6.40. The number of anilines is 1. The predicted molar refractivity (Wildman–Crippen MR) is 92.6 cm³/mol. The fourth-order valence-corrected chi connectivity index (χ4v) is 2.88. The molecule has 1 heterocycles. The SMILES string of the molecule is CCOC(=O)C1CCCN(C(=O)C(=O)Nc2cc(Cl)ccc2OC)C1. The molecule has 25 heavy (non-hydrogen) atoms. The van der Waals surface area contributed by atoms with E-state index in [1.807, 2.05) is 0 Å². The largest absolute Gasteiger partial charge is 0.495 e. The second-order valence-corrected chi connectivity index (χ2v) is 6.08. The van der Waals surface area contributed by atoms with Crippen LogP contribution in [0.5, 0.6) is 5.75 Å². The van der Waals surface area contributed by atoms with Crippen molar-refractivity contribution in [3.05, 3.63) is 23.2 Å². The number of carbonyl (C=O) groups excluding carboxylic acids is 3. The topological polar surface area (TPSA) is 84.9 Å². The molecule has 7 nitrogen and oxygen atoms in total. The fourth-order valence-electron chi connectivity index (χ4n) is 2.71. The molecule has 1 aromatic carbocycles. The van der Waals surface area contributed by atoms with Gasteiger partial charge in [-0.05, 0) is 38.0 Å². The molecule has 1 atom stereocenters. The standard InChI is InChI=1S/C17H21ClN2O5/c1-3-25-17(23)11-5-4-8-20(10-11)16(22)15(21)19-13-9-12(18)6-7-14(13)24-2/h6-7,9,11H,3-5,8,10H2,1-2H3,(H,19,21). The number of halogens is 1. The summed E-state index contributed by atoms with van der Waals surface area (Å²) in [6.45, 7) is 2.63. The molecule has 0 spiro atoms. The summed E-state index contributed by atoms with van der Waals surface area (Å²) in [4.78, 5) is 37.9. The van der Waals surface area contributed by atoms with E-state index >= 15 is 0 Å². The summed E-state index contributed by atoms with van der Waals surface area (Å²) in [6, 6.07) is 4.72. The number of carbonyl (C=O) groups is 3. The van der Waals surface area contributed by atoms with Crippen molar-refractivity contribution in [1.82, 2.24) is 4.90 Å². The smallest absolute Gasteiger partial charge is 0.314 e. The Bertz CT molecular complexity index is 664. The molecule has 2 amide bonds. The minimum atomic E-state index is -0.801. The quantitative estimate of drug-likeness (QED) is 0.649. The first kappa shape index (κ1) is 19.1. The predicted octanol–water partition coefficient (Wildman–Crippen LogP) is 2.09. The molecule has 1 saturated heterocycles. The number of nitrogens with one attached hydrogen (secondary N) is 1. The van der Waals surface area contributed by atoms with Crippen molar-refractivity contribution in [2.24, 2.45) is 5.92 Å². The Labute approximate surface area is 151 Å². The molecule has 2 rings (SSSR count). The molecule has 1 aromatic rings. The maximum Gasteiger partial charge on any atom is 0.314 e. The van der Waals surface area contributed by atoms with Crippen LogP contribution in [-0.4, -0.2) is 49.5 Å². The van der Waals surface area contributed by atoms with Crippen LogP contribution in [0.2, 0.25) is 5.02 Å². The van der Waals surface area contributed by atoms with Gasteiger partial charge >= 0.3 is 17.8 Å². The molecule has 0 saturated carbocycles. The molecule has 0 bridgehead atoms. The van der Waals surface area contributed by atoms with Gasteiger partial charge in [-0.2, -0.15) is 0 Å². The molecule has 0 aliphatic carbocycles. The van der Waals surface area contributed by atoms with E-state index in [0.717, 1.165) is 0 Å². The first-order valence-electron chi connectivity index (χ1n) is 8.06. The van der Waals surface area contributed by atoms with Crippen molar-refractivity contribution in [2.75, 3.05) is 32.1 Å². The number of ether oxygens (including phenoxy) is 2. The molecular formula is C17H21ClN2O5. The molecule has 1 aliphatic heterocycles. The minimum absolute atomic E-state index is 0.178. The highest BCUT2D eigenvalue weighted by atomic mass is 35.5. The molecule has 1 unspecified atom stereocenters. The van der Waals surface area contributed by atoms with Crippen molar-refractivity contribution in [1.29, 1.82) is 0 Å². The molecule has 0 aromatic heterocycles. The van der Waals surface area contributed by atoms with Gasteiger partial charge in [0.15, 0.2) is 0 Å². The maximum atomic E-state index is 12.4. The highest BCUT2D eigenvalue weighted by Gasteiger charge is 2.32. The number of esters is 1. The summed E-state index contributed by atoms with van der Waals surface area (Å²) in [6.07, 6.45) is 1.29. The maximum absolute atomic E-state index is 12.4. The Kier molecular flexibility index (Phi) is 6.64. The van der Waals surface area contributed by atoms with Crippen LogP contribution in [0, 0.1) is 5.92 Å². The Morgan fingerprint density at radius 2 is 2.12 bits per heavy atom. The summed E-state index contributed by atoms with van der Waals surface area (Å²) in [5, 5.41) is 2.92. The van der Waals surface area contributed by atoms with E-state index in [-0.39, 0.29) is 12.5 Å². The van der Waals surface area contributed by atoms with E-state index in [0.29, 0.717) is 42.5 Å². The summed E-state index contributed by atoms with van der Waals surface area (Å²) in [7, 11) is 1.45. The molecule has 136 valence electrons. The van der Waals surface area contributed by atoms with Crippen LogP contribution in [-0.2, 0) is 19.1 Å². The number of methoxy groups -OCH3 is 1. The summed E-state index contributed by atoms with van der Waals surface area (Å²) < 4.78 is 10.1. The van der Waals surface area contributed by atoms with Crippen molar-refractivity contribution in [2.45, 2.75) is 19.8 Å². The number of amides is 2. The van der Waals surface area contributed by atoms with E-state index in [9.17, 15) is 14.4 Å². The van der Waals surface area contributed by atoms with E-state index in [4.69, 9.17) is 21.1 Å². The van der Waals surface area contributed by atoms with Crippen molar-refractivity contribution < 1.29 is 23.9 Å². The zero-order valence-corrected chi connectivity index (χ0v) is 15.0. The third-order valence-electron chi connectivity index (χ3n) is 3.93. The van der Waals surface area contributed by atoms with Crippen LogP contribution in [0.3, 0.4) is 0 Å². The molecule has 0 radical (unpaired) electrons. The van der Waals surface area contributed by atoms with Crippen LogP contribution < -0.4 is 10.1 Å².